The largest absolute Gasteiger partial charge is 0.462 e. The lowest BCUT2D eigenvalue weighted by Crippen LogP contribution is -2.30. The van der Waals surface area contributed by atoms with Crippen LogP contribution in [0.1, 0.15) is 303 Å². The van der Waals surface area contributed by atoms with Gasteiger partial charge in [0.05, 0.1) is 6.61 Å². The Hall–Kier alpha value is -1.88. The van der Waals surface area contributed by atoms with E-state index in [4.69, 9.17) is 14.2 Å². The zero-order valence-electron chi connectivity index (χ0n) is 43.3. The van der Waals surface area contributed by atoms with E-state index in [2.05, 4.69) is 57.2 Å². The van der Waals surface area contributed by atoms with Crippen LogP contribution in [0.4, 0.5) is 0 Å². The van der Waals surface area contributed by atoms with E-state index in [9.17, 15) is 9.59 Å². The van der Waals surface area contributed by atoms with Gasteiger partial charge in [-0.3, -0.25) is 9.59 Å². The highest BCUT2D eigenvalue weighted by molar-refractivity contribution is 5.70. The maximum atomic E-state index is 12.8. The van der Waals surface area contributed by atoms with Crippen molar-refractivity contribution in [1.29, 1.82) is 0 Å². The van der Waals surface area contributed by atoms with Crippen LogP contribution in [-0.4, -0.2) is 37.9 Å². The lowest BCUT2D eigenvalue weighted by Gasteiger charge is -2.18. The molecule has 0 radical (unpaired) electrons. The number of ether oxygens (including phenoxy) is 3. The van der Waals surface area contributed by atoms with Gasteiger partial charge in [-0.05, 0) is 96.3 Å². The summed E-state index contributed by atoms with van der Waals surface area (Å²) in [6, 6.07) is 0. The number of carbonyl (C=O) groups is 2. The van der Waals surface area contributed by atoms with Crippen LogP contribution in [-0.2, 0) is 23.8 Å². The minimum absolute atomic E-state index is 0.0827. The van der Waals surface area contributed by atoms with Gasteiger partial charge in [0.15, 0.2) is 6.10 Å². The Labute approximate surface area is 400 Å². The smallest absolute Gasteiger partial charge is 0.306 e. The molecule has 0 spiro atoms. The fourth-order valence-electron chi connectivity index (χ4n) is 8.32. The molecule has 64 heavy (non-hydrogen) atoms. The Bertz CT molecular complexity index is 1020. The third kappa shape index (κ3) is 52.7. The first-order chi connectivity index (χ1) is 31.6. The minimum Gasteiger partial charge on any atom is -0.462 e. The highest BCUT2D eigenvalue weighted by Gasteiger charge is 2.17. The van der Waals surface area contributed by atoms with Gasteiger partial charge in [0.2, 0.25) is 0 Å². The Morgan fingerprint density at radius 2 is 0.609 bits per heavy atom. The van der Waals surface area contributed by atoms with E-state index in [1.165, 1.54) is 231 Å². The third-order valence-electron chi connectivity index (χ3n) is 12.6. The Balaban J connectivity index is 4.25. The Morgan fingerprint density at radius 3 is 0.969 bits per heavy atom. The lowest BCUT2D eigenvalue weighted by atomic mass is 10.1. The zero-order chi connectivity index (χ0) is 46.3. The lowest BCUT2D eigenvalue weighted by molar-refractivity contribution is -0.163. The SMILES string of the molecule is CCCCCC/C=C\CCCCCCCCOCC(COC(=O)CCCCCCCCC/C=C\CCCCCCCC)OC(=O)CCCCCCCCC/C=C\CCCCCCCC. The fourth-order valence-corrected chi connectivity index (χ4v) is 8.32. The molecule has 0 aromatic rings. The highest BCUT2D eigenvalue weighted by atomic mass is 16.6. The topological polar surface area (TPSA) is 61.8 Å². The van der Waals surface area contributed by atoms with Crippen LogP contribution in [0.2, 0.25) is 0 Å². The summed E-state index contributed by atoms with van der Waals surface area (Å²) in [6.45, 7) is 7.83. The highest BCUT2D eigenvalue weighted by Crippen LogP contribution is 2.15. The molecule has 0 saturated heterocycles. The number of carbonyl (C=O) groups excluding carboxylic acids is 2. The maximum absolute atomic E-state index is 12.8. The van der Waals surface area contributed by atoms with Crippen molar-refractivity contribution in [2.75, 3.05) is 19.8 Å². The molecule has 0 aromatic heterocycles. The molecule has 1 unspecified atom stereocenters. The molecule has 0 aliphatic rings. The number of rotatable bonds is 53. The second-order valence-electron chi connectivity index (χ2n) is 19.2. The van der Waals surface area contributed by atoms with Gasteiger partial charge >= 0.3 is 11.9 Å². The zero-order valence-corrected chi connectivity index (χ0v) is 43.3. The molecule has 376 valence electrons. The third-order valence-corrected chi connectivity index (χ3v) is 12.6. The predicted molar refractivity (Wildman–Crippen MR) is 279 cm³/mol. The average Bonchev–Trinajstić information content (AvgIpc) is 3.30. The van der Waals surface area contributed by atoms with Gasteiger partial charge < -0.3 is 14.2 Å². The van der Waals surface area contributed by atoms with Gasteiger partial charge in [-0.1, -0.05) is 231 Å². The molecule has 0 N–H and O–H groups in total. The van der Waals surface area contributed by atoms with Crippen molar-refractivity contribution in [2.45, 2.75) is 309 Å². The molecule has 0 saturated carbocycles. The molecule has 5 nitrogen and oxygen atoms in total. The second kappa shape index (κ2) is 55.4. The molecule has 5 heteroatoms. The minimum atomic E-state index is -0.540. The molecule has 0 rings (SSSR count). The van der Waals surface area contributed by atoms with Crippen molar-refractivity contribution in [3.8, 4) is 0 Å². The summed E-state index contributed by atoms with van der Waals surface area (Å²) in [5.74, 6) is -0.395. The van der Waals surface area contributed by atoms with E-state index in [0.29, 0.717) is 19.4 Å². The number of allylic oxidation sites excluding steroid dienone is 6. The normalized spacial score (nSPS) is 12.4. The Morgan fingerprint density at radius 1 is 0.328 bits per heavy atom. The van der Waals surface area contributed by atoms with E-state index >= 15 is 0 Å². The summed E-state index contributed by atoms with van der Waals surface area (Å²) < 4.78 is 17.5. The van der Waals surface area contributed by atoms with Crippen LogP contribution in [0, 0.1) is 0 Å². The monoisotopic (exact) mass is 899 g/mol. The van der Waals surface area contributed by atoms with Crippen LogP contribution < -0.4 is 0 Å². The molecule has 1 atom stereocenters. The molecule has 0 aliphatic carbocycles. The number of hydrogen-bond donors (Lipinski definition) is 0. The molecular formula is C59H110O5. The summed E-state index contributed by atoms with van der Waals surface area (Å²) in [5.41, 5.74) is 0. The molecule has 0 heterocycles. The number of hydrogen-bond acceptors (Lipinski definition) is 5. The first-order valence-electron chi connectivity index (χ1n) is 28.5. The summed E-state index contributed by atoms with van der Waals surface area (Å²) in [7, 11) is 0. The average molecular weight is 900 g/mol. The molecule has 0 amide bonds. The summed E-state index contributed by atoms with van der Waals surface area (Å²) in [4.78, 5) is 25.5. The van der Waals surface area contributed by atoms with Crippen molar-refractivity contribution in [2.24, 2.45) is 0 Å². The number of esters is 2. The van der Waals surface area contributed by atoms with Crippen molar-refractivity contribution >= 4 is 11.9 Å². The van der Waals surface area contributed by atoms with Gasteiger partial charge in [0, 0.05) is 19.4 Å². The molecule has 0 fully saturated rings. The standard InChI is InChI=1S/C59H110O5/c1-4-7-10-13-16-19-22-25-28-30-32-34-37-40-43-46-49-52-58(60)63-56-57(55-62-54-51-48-45-42-39-36-27-24-21-18-15-12-9-6-3)64-59(61)53-50-47-44-41-38-35-33-31-29-26-23-20-17-14-11-8-5-2/h21,24-26,28-29,57H,4-20,22-23,27,30-56H2,1-3H3/b24-21-,28-25-,29-26-. The van der Waals surface area contributed by atoms with E-state index in [-0.39, 0.29) is 25.2 Å². The van der Waals surface area contributed by atoms with Crippen LogP contribution in [0.3, 0.4) is 0 Å². The second-order valence-corrected chi connectivity index (χ2v) is 19.2. The first-order valence-corrected chi connectivity index (χ1v) is 28.5. The van der Waals surface area contributed by atoms with Crippen LogP contribution in [0.15, 0.2) is 36.5 Å². The molecular weight excluding hydrogens is 789 g/mol. The quantitative estimate of drug-likeness (QED) is 0.0346. The van der Waals surface area contributed by atoms with Crippen molar-refractivity contribution in [1.82, 2.24) is 0 Å². The summed E-state index contributed by atoms with van der Waals surface area (Å²) in [6.07, 6.45) is 67.3. The van der Waals surface area contributed by atoms with Crippen molar-refractivity contribution in [3.63, 3.8) is 0 Å². The van der Waals surface area contributed by atoms with E-state index in [0.717, 1.165) is 38.5 Å². The van der Waals surface area contributed by atoms with Gasteiger partial charge in [-0.15, -0.1) is 0 Å². The van der Waals surface area contributed by atoms with Crippen LogP contribution >= 0.6 is 0 Å². The van der Waals surface area contributed by atoms with E-state index in [1.54, 1.807) is 0 Å². The maximum Gasteiger partial charge on any atom is 0.306 e. The van der Waals surface area contributed by atoms with Gasteiger partial charge in [-0.25, -0.2) is 0 Å². The molecule has 0 aliphatic heterocycles. The molecule has 0 bridgehead atoms. The fraction of sp³-hybridized carbons (Fsp3) is 0.864. The van der Waals surface area contributed by atoms with Gasteiger partial charge in [0.1, 0.15) is 6.61 Å². The van der Waals surface area contributed by atoms with Crippen molar-refractivity contribution in [3.05, 3.63) is 36.5 Å². The van der Waals surface area contributed by atoms with E-state index in [1.807, 2.05) is 0 Å². The van der Waals surface area contributed by atoms with E-state index < -0.39 is 6.10 Å². The van der Waals surface area contributed by atoms with Crippen LogP contribution in [0.5, 0.6) is 0 Å². The van der Waals surface area contributed by atoms with Crippen LogP contribution in [0.25, 0.3) is 0 Å². The van der Waals surface area contributed by atoms with Gasteiger partial charge in [0.25, 0.3) is 0 Å². The summed E-state index contributed by atoms with van der Waals surface area (Å²) in [5, 5.41) is 0. The summed E-state index contributed by atoms with van der Waals surface area (Å²) >= 11 is 0. The number of unbranched alkanes of at least 4 members (excludes halogenated alkanes) is 36. The van der Waals surface area contributed by atoms with Gasteiger partial charge in [-0.2, -0.15) is 0 Å². The predicted octanol–water partition coefficient (Wildman–Crippen LogP) is 19.4. The molecule has 0 aromatic carbocycles. The van der Waals surface area contributed by atoms with Crippen molar-refractivity contribution < 1.29 is 23.8 Å². The Kier molecular flexibility index (Phi) is 53.8. The first kappa shape index (κ1) is 62.1.